The van der Waals surface area contributed by atoms with Gasteiger partial charge >= 0.3 is 5.76 Å². The molecule has 2 rings (SSSR count). The predicted octanol–water partition coefficient (Wildman–Crippen LogP) is 1.02. The Hall–Kier alpha value is -1.71. The zero-order valence-electron chi connectivity index (χ0n) is 7.50. The highest BCUT2D eigenvalue weighted by atomic mass is 16.4. The van der Waals surface area contributed by atoms with E-state index in [1.807, 2.05) is 13.0 Å². The fourth-order valence-corrected chi connectivity index (χ4v) is 1.29. The highest BCUT2D eigenvalue weighted by molar-refractivity contribution is 5.78. The van der Waals surface area contributed by atoms with E-state index in [1.165, 1.54) is 4.57 Å². The molecule has 0 radical (unpaired) electrons. The van der Waals surface area contributed by atoms with E-state index in [0.717, 1.165) is 11.1 Å². The molecular formula is C9H10N2O2. The number of benzene rings is 1. The van der Waals surface area contributed by atoms with Crippen LogP contribution in [0.2, 0.25) is 0 Å². The molecule has 1 aromatic heterocycles. The van der Waals surface area contributed by atoms with Crippen molar-refractivity contribution in [1.82, 2.24) is 4.57 Å². The number of nitrogen functional groups attached to an aromatic ring is 1. The van der Waals surface area contributed by atoms with Gasteiger partial charge in [0.15, 0.2) is 5.58 Å². The largest absolute Gasteiger partial charge is 0.419 e. The molecule has 0 bridgehead atoms. The van der Waals surface area contributed by atoms with Gasteiger partial charge in [-0.05, 0) is 18.6 Å². The average Bonchev–Trinajstić information content (AvgIpc) is 2.32. The first-order valence-electron chi connectivity index (χ1n) is 3.95. The van der Waals surface area contributed by atoms with Gasteiger partial charge in [0.25, 0.3) is 0 Å². The lowest BCUT2D eigenvalue weighted by atomic mass is 10.2. The van der Waals surface area contributed by atoms with E-state index in [-0.39, 0.29) is 5.76 Å². The lowest BCUT2D eigenvalue weighted by Gasteiger charge is -1.98. The van der Waals surface area contributed by atoms with Gasteiger partial charge in [-0.2, -0.15) is 0 Å². The van der Waals surface area contributed by atoms with E-state index in [1.54, 1.807) is 13.1 Å². The molecular weight excluding hydrogens is 168 g/mol. The Morgan fingerprint density at radius 3 is 2.85 bits per heavy atom. The molecule has 13 heavy (non-hydrogen) atoms. The summed E-state index contributed by atoms with van der Waals surface area (Å²) in [4.78, 5) is 11.1. The van der Waals surface area contributed by atoms with E-state index < -0.39 is 0 Å². The molecule has 0 saturated heterocycles. The highest BCUT2D eigenvalue weighted by Gasteiger charge is 2.06. The predicted molar refractivity (Wildman–Crippen MR) is 50.6 cm³/mol. The number of nitrogens with zero attached hydrogens (tertiary/aromatic N) is 1. The Balaban J connectivity index is 2.97. The van der Waals surface area contributed by atoms with Crippen molar-refractivity contribution < 1.29 is 4.42 Å². The highest BCUT2D eigenvalue weighted by Crippen LogP contribution is 2.19. The zero-order chi connectivity index (χ0) is 9.59. The van der Waals surface area contributed by atoms with Crippen LogP contribution in [0.5, 0.6) is 0 Å². The second kappa shape index (κ2) is 2.39. The lowest BCUT2D eigenvalue weighted by Crippen LogP contribution is -2.08. The van der Waals surface area contributed by atoms with Crippen LogP contribution < -0.4 is 11.5 Å². The smallest absolute Gasteiger partial charge is 0.408 e. The SMILES string of the molecule is Cc1cc2c(cc1N)oc(=O)n2C. The molecule has 4 heteroatoms. The number of fused-ring (bicyclic) bond motifs is 1. The third kappa shape index (κ3) is 1.02. The summed E-state index contributed by atoms with van der Waals surface area (Å²) in [5, 5.41) is 0. The van der Waals surface area contributed by atoms with Gasteiger partial charge in [-0.1, -0.05) is 0 Å². The maximum absolute atomic E-state index is 11.1. The summed E-state index contributed by atoms with van der Waals surface area (Å²) in [5.74, 6) is -0.361. The Morgan fingerprint density at radius 2 is 2.15 bits per heavy atom. The van der Waals surface area contributed by atoms with Crippen LogP contribution in [0.15, 0.2) is 21.3 Å². The number of anilines is 1. The second-order valence-electron chi connectivity index (χ2n) is 3.10. The maximum atomic E-state index is 11.1. The Kier molecular flexibility index (Phi) is 1.45. The van der Waals surface area contributed by atoms with E-state index in [0.29, 0.717) is 11.3 Å². The summed E-state index contributed by atoms with van der Waals surface area (Å²) in [6, 6.07) is 3.52. The molecule has 1 heterocycles. The number of oxazole rings is 1. The molecule has 68 valence electrons. The van der Waals surface area contributed by atoms with E-state index >= 15 is 0 Å². The number of nitrogens with two attached hydrogens (primary N) is 1. The normalized spacial score (nSPS) is 10.9. The van der Waals surface area contributed by atoms with Crippen molar-refractivity contribution >= 4 is 16.8 Å². The second-order valence-corrected chi connectivity index (χ2v) is 3.10. The van der Waals surface area contributed by atoms with Crippen molar-refractivity contribution in [2.24, 2.45) is 7.05 Å². The van der Waals surface area contributed by atoms with Gasteiger partial charge in [-0.3, -0.25) is 4.57 Å². The van der Waals surface area contributed by atoms with Crippen LogP contribution in [-0.4, -0.2) is 4.57 Å². The standard InChI is InChI=1S/C9H10N2O2/c1-5-3-7-8(4-6(5)10)13-9(12)11(7)2/h3-4H,10H2,1-2H3. The van der Waals surface area contributed by atoms with Crippen molar-refractivity contribution in [3.05, 3.63) is 28.2 Å². The Bertz CT molecular complexity index is 522. The van der Waals surface area contributed by atoms with Crippen LogP contribution in [0.3, 0.4) is 0 Å². The molecule has 0 saturated carbocycles. The summed E-state index contributed by atoms with van der Waals surface area (Å²) in [6.45, 7) is 1.90. The summed E-state index contributed by atoms with van der Waals surface area (Å²) >= 11 is 0. The van der Waals surface area contributed by atoms with Gasteiger partial charge in [0.2, 0.25) is 0 Å². The lowest BCUT2D eigenvalue weighted by molar-refractivity contribution is 0.528. The molecule has 0 spiro atoms. The monoisotopic (exact) mass is 178 g/mol. The maximum Gasteiger partial charge on any atom is 0.419 e. The molecule has 2 aromatic rings. The third-order valence-electron chi connectivity index (χ3n) is 2.18. The van der Waals surface area contributed by atoms with Gasteiger partial charge in [0, 0.05) is 18.8 Å². The van der Waals surface area contributed by atoms with Crippen molar-refractivity contribution in [3.63, 3.8) is 0 Å². The summed E-state index contributed by atoms with van der Waals surface area (Å²) in [7, 11) is 1.67. The molecule has 4 nitrogen and oxygen atoms in total. The molecule has 0 amide bonds. The molecule has 1 aromatic carbocycles. The minimum atomic E-state index is -0.361. The first kappa shape index (κ1) is 7.91. The molecule has 0 fully saturated rings. The first-order chi connectivity index (χ1) is 6.09. The van der Waals surface area contributed by atoms with Crippen LogP contribution in [0.25, 0.3) is 11.1 Å². The minimum absolute atomic E-state index is 0.361. The van der Waals surface area contributed by atoms with Gasteiger partial charge < -0.3 is 10.2 Å². The summed E-state index contributed by atoms with van der Waals surface area (Å²) in [5.41, 5.74) is 8.57. The average molecular weight is 178 g/mol. The van der Waals surface area contributed by atoms with Crippen LogP contribution in [0.1, 0.15) is 5.56 Å². The van der Waals surface area contributed by atoms with Crippen molar-refractivity contribution in [1.29, 1.82) is 0 Å². The number of hydrogen-bond acceptors (Lipinski definition) is 3. The number of aryl methyl sites for hydroxylation is 2. The fraction of sp³-hybridized carbons (Fsp3) is 0.222. The van der Waals surface area contributed by atoms with Crippen LogP contribution in [0.4, 0.5) is 5.69 Å². The number of aromatic nitrogens is 1. The van der Waals surface area contributed by atoms with Crippen LogP contribution >= 0.6 is 0 Å². The molecule has 0 unspecified atom stereocenters. The van der Waals surface area contributed by atoms with Gasteiger partial charge in [-0.15, -0.1) is 0 Å². The van der Waals surface area contributed by atoms with E-state index in [4.69, 9.17) is 10.2 Å². The quantitative estimate of drug-likeness (QED) is 0.613. The van der Waals surface area contributed by atoms with Crippen LogP contribution in [0, 0.1) is 6.92 Å². The number of hydrogen-bond donors (Lipinski definition) is 1. The summed E-state index contributed by atoms with van der Waals surface area (Å²) in [6.07, 6.45) is 0. The number of rotatable bonds is 0. The third-order valence-corrected chi connectivity index (χ3v) is 2.18. The van der Waals surface area contributed by atoms with Crippen LogP contribution in [-0.2, 0) is 7.05 Å². The minimum Gasteiger partial charge on any atom is -0.408 e. The topological polar surface area (TPSA) is 61.2 Å². The van der Waals surface area contributed by atoms with E-state index in [9.17, 15) is 4.79 Å². The zero-order valence-corrected chi connectivity index (χ0v) is 7.50. The Labute approximate surface area is 74.6 Å². The molecule has 0 aliphatic rings. The Morgan fingerprint density at radius 1 is 1.46 bits per heavy atom. The van der Waals surface area contributed by atoms with Gasteiger partial charge in [0.05, 0.1) is 5.52 Å². The van der Waals surface area contributed by atoms with E-state index in [2.05, 4.69) is 0 Å². The molecule has 0 aliphatic heterocycles. The molecule has 0 atom stereocenters. The van der Waals surface area contributed by atoms with Gasteiger partial charge in [-0.25, -0.2) is 4.79 Å². The van der Waals surface area contributed by atoms with Crippen molar-refractivity contribution in [2.75, 3.05) is 5.73 Å². The molecule has 0 aliphatic carbocycles. The molecule has 2 N–H and O–H groups in total. The van der Waals surface area contributed by atoms with Gasteiger partial charge in [0.1, 0.15) is 0 Å². The first-order valence-corrected chi connectivity index (χ1v) is 3.95. The van der Waals surface area contributed by atoms with Crippen molar-refractivity contribution in [3.8, 4) is 0 Å². The summed E-state index contributed by atoms with van der Waals surface area (Å²) < 4.78 is 6.42. The van der Waals surface area contributed by atoms with Crippen molar-refractivity contribution in [2.45, 2.75) is 6.92 Å². The fourth-order valence-electron chi connectivity index (χ4n) is 1.29.